The number of fused-ring (bicyclic) bond motifs is 1. The first-order valence-corrected chi connectivity index (χ1v) is 8.12. The van der Waals surface area contributed by atoms with Crippen molar-refractivity contribution in [2.75, 3.05) is 13.1 Å². The maximum absolute atomic E-state index is 5.62. The molecule has 2 nitrogen and oxygen atoms in total. The third-order valence-electron chi connectivity index (χ3n) is 3.53. The van der Waals surface area contributed by atoms with Crippen molar-refractivity contribution in [2.45, 2.75) is 42.9 Å². The van der Waals surface area contributed by atoms with Gasteiger partial charge in [-0.05, 0) is 31.9 Å². The largest absolute Gasteiger partial charge is 0.393 e. The van der Waals surface area contributed by atoms with Crippen LogP contribution in [-0.2, 0) is 6.42 Å². The van der Waals surface area contributed by atoms with Crippen LogP contribution >= 0.6 is 24.0 Å². The molecule has 0 aliphatic carbocycles. The molecule has 104 valence electrons. The first kappa shape index (κ1) is 14.8. The predicted molar refractivity (Wildman–Crippen MR) is 87.9 cm³/mol. The highest BCUT2D eigenvalue weighted by molar-refractivity contribution is 8.00. The highest BCUT2D eigenvalue weighted by atomic mass is 32.2. The van der Waals surface area contributed by atoms with Crippen LogP contribution in [0, 0.1) is 0 Å². The average Bonchev–Trinajstić information content (AvgIpc) is 2.76. The number of nitrogens with zero attached hydrogens (tertiary/aromatic N) is 1. The summed E-state index contributed by atoms with van der Waals surface area (Å²) >= 11 is 7.00. The Kier molecular flexibility index (Phi) is 5.25. The van der Waals surface area contributed by atoms with Gasteiger partial charge in [0, 0.05) is 35.7 Å². The predicted octanol–water partition coefficient (Wildman–Crippen LogP) is 3.09. The van der Waals surface area contributed by atoms with Crippen molar-refractivity contribution in [3.05, 3.63) is 29.8 Å². The summed E-state index contributed by atoms with van der Waals surface area (Å²) in [6.07, 6.45) is 2.00. The van der Waals surface area contributed by atoms with Gasteiger partial charge < -0.3 is 5.73 Å². The van der Waals surface area contributed by atoms with Gasteiger partial charge in [-0.1, -0.05) is 30.4 Å². The Morgan fingerprint density at radius 1 is 1.47 bits per heavy atom. The standard InChI is InChI=1S/C15H22N2S2/c1-11(2)17(8-7-15(16)18)10-13-9-12-5-3-4-6-14(12)19-13/h3-6,11,13H,7-10H2,1-2H3,(H2,16,18). The van der Waals surface area contributed by atoms with Crippen LogP contribution in [0.25, 0.3) is 0 Å². The van der Waals surface area contributed by atoms with Crippen molar-refractivity contribution in [2.24, 2.45) is 5.73 Å². The summed E-state index contributed by atoms with van der Waals surface area (Å²) in [5, 5.41) is 0.658. The molecule has 1 heterocycles. The summed E-state index contributed by atoms with van der Waals surface area (Å²) in [7, 11) is 0. The zero-order chi connectivity index (χ0) is 13.8. The van der Waals surface area contributed by atoms with Gasteiger partial charge in [-0.25, -0.2) is 0 Å². The van der Waals surface area contributed by atoms with E-state index in [2.05, 4.69) is 43.0 Å². The lowest BCUT2D eigenvalue weighted by Gasteiger charge is -2.28. The van der Waals surface area contributed by atoms with E-state index in [0.717, 1.165) is 19.5 Å². The number of thiocarbonyl (C=S) groups is 1. The second kappa shape index (κ2) is 6.73. The maximum atomic E-state index is 5.62. The quantitative estimate of drug-likeness (QED) is 0.817. The van der Waals surface area contributed by atoms with Crippen LogP contribution in [0.5, 0.6) is 0 Å². The van der Waals surface area contributed by atoms with E-state index in [1.165, 1.54) is 16.9 Å². The van der Waals surface area contributed by atoms with Gasteiger partial charge >= 0.3 is 0 Å². The first-order chi connectivity index (χ1) is 9.06. The molecule has 1 aliphatic rings. The molecule has 1 aromatic carbocycles. The molecule has 4 heteroatoms. The van der Waals surface area contributed by atoms with E-state index in [-0.39, 0.29) is 0 Å². The van der Waals surface area contributed by atoms with Crippen molar-refractivity contribution in [3.63, 3.8) is 0 Å². The minimum Gasteiger partial charge on any atom is -0.393 e. The molecule has 0 saturated heterocycles. The molecule has 1 aliphatic heterocycles. The maximum Gasteiger partial charge on any atom is 0.0740 e. The molecule has 1 atom stereocenters. The Balaban J connectivity index is 1.91. The zero-order valence-electron chi connectivity index (χ0n) is 11.6. The number of nitrogens with two attached hydrogens (primary N) is 1. The molecule has 0 aromatic heterocycles. The molecular weight excluding hydrogens is 272 g/mol. The summed E-state index contributed by atoms with van der Waals surface area (Å²) in [5.41, 5.74) is 7.11. The number of thioether (sulfide) groups is 1. The molecule has 0 fully saturated rings. The number of benzene rings is 1. The van der Waals surface area contributed by atoms with Crippen molar-refractivity contribution in [1.82, 2.24) is 4.90 Å². The van der Waals surface area contributed by atoms with Crippen LogP contribution in [0.1, 0.15) is 25.8 Å². The summed E-state index contributed by atoms with van der Waals surface area (Å²) in [5.74, 6) is 0. The van der Waals surface area contributed by atoms with E-state index < -0.39 is 0 Å². The summed E-state index contributed by atoms with van der Waals surface area (Å²) in [4.78, 5) is 4.56. The highest BCUT2D eigenvalue weighted by Gasteiger charge is 2.24. The third kappa shape index (κ3) is 4.20. The fourth-order valence-electron chi connectivity index (χ4n) is 2.43. The molecule has 1 aromatic rings. The van der Waals surface area contributed by atoms with Crippen molar-refractivity contribution >= 4 is 29.0 Å². The second-order valence-corrected chi connectivity index (χ2v) is 7.22. The Morgan fingerprint density at radius 3 is 2.84 bits per heavy atom. The number of hydrogen-bond acceptors (Lipinski definition) is 3. The van der Waals surface area contributed by atoms with E-state index in [4.69, 9.17) is 18.0 Å². The molecule has 2 rings (SSSR count). The van der Waals surface area contributed by atoms with Crippen molar-refractivity contribution < 1.29 is 0 Å². The van der Waals surface area contributed by atoms with E-state index in [0.29, 0.717) is 16.3 Å². The number of hydrogen-bond donors (Lipinski definition) is 1. The lowest BCUT2D eigenvalue weighted by atomic mass is 10.1. The summed E-state index contributed by atoms with van der Waals surface area (Å²) < 4.78 is 0. The molecule has 0 spiro atoms. The third-order valence-corrected chi connectivity index (χ3v) is 5.03. The molecule has 0 amide bonds. The number of rotatable bonds is 6. The SMILES string of the molecule is CC(C)N(CCC(N)=S)CC1Cc2ccccc2S1. The van der Waals surface area contributed by atoms with Crippen LogP contribution in [0.15, 0.2) is 29.2 Å². The lowest BCUT2D eigenvalue weighted by molar-refractivity contribution is 0.229. The van der Waals surface area contributed by atoms with Gasteiger partial charge in [-0.3, -0.25) is 4.90 Å². The summed E-state index contributed by atoms with van der Waals surface area (Å²) in [6.45, 7) is 6.57. The van der Waals surface area contributed by atoms with Crippen molar-refractivity contribution in [1.29, 1.82) is 0 Å². The van der Waals surface area contributed by atoms with Crippen LogP contribution in [0.4, 0.5) is 0 Å². The van der Waals surface area contributed by atoms with Gasteiger partial charge in [-0.15, -0.1) is 11.8 Å². The second-order valence-electron chi connectivity index (χ2n) is 5.36. The van der Waals surface area contributed by atoms with Gasteiger partial charge in [-0.2, -0.15) is 0 Å². The molecule has 19 heavy (non-hydrogen) atoms. The van der Waals surface area contributed by atoms with Gasteiger partial charge in [0.15, 0.2) is 0 Å². The highest BCUT2D eigenvalue weighted by Crippen LogP contribution is 2.37. The van der Waals surface area contributed by atoms with Crippen LogP contribution < -0.4 is 5.73 Å². The van der Waals surface area contributed by atoms with Gasteiger partial charge in [0.25, 0.3) is 0 Å². The molecule has 0 saturated carbocycles. The Morgan fingerprint density at radius 2 is 2.21 bits per heavy atom. The molecular formula is C15H22N2S2. The van der Waals surface area contributed by atoms with E-state index >= 15 is 0 Å². The van der Waals surface area contributed by atoms with E-state index in [9.17, 15) is 0 Å². The van der Waals surface area contributed by atoms with E-state index in [1.807, 2.05) is 11.8 Å². The van der Waals surface area contributed by atoms with Crippen molar-refractivity contribution in [3.8, 4) is 0 Å². The minimum absolute atomic E-state index is 0.540. The fraction of sp³-hybridized carbons (Fsp3) is 0.533. The topological polar surface area (TPSA) is 29.3 Å². The van der Waals surface area contributed by atoms with Gasteiger partial charge in [0.05, 0.1) is 4.99 Å². The first-order valence-electron chi connectivity index (χ1n) is 6.83. The zero-order valence-corrected chi connectivity index (χ0v) is 13.3. The molecule has 0 radical (unpaired) electrons. The minimum atomic E-state index is 0.540. The molecule has 0 bridgehead atoms. The monoisotopic (exact) mass is 294 g/mol. The average molecular weight is 294 g/mol. The Hall–Kier alpha value is -0.580. The Labute approximate surface area is 125 Å². The smallest absolute Gasteiger partial charge is 0.0740 e. The summed E-state index contributed by atoms with van der Waals surface area (Å²) in [6, 6.07) is 9.28. The lowest BCUT2D eigenvalue weighted by Crippen LogP contribution is -2.38. The molecule has 2 N–H and O–H groups in total. The van der Waals surface area contributed by atoms with Crippen LogP contribution in [0.2, 0.25) is 0 Å². The van der Waals surface area contributed by atoms with Gasteiger partial charge in [0.1, 0.15) is 0 Å². The van der Waals surface area contributed by atoms with Gasteiger partial charge in [0.2, 0.25) is 0 Å². The molecule has 1 unspecified atom stereocenters. The van der Waals surface area contributed by atoms with Crippen LogP contribution in [-0.4, -0.2) is 34.3 Å². The normalized spacial score (nSPS) is 18.0. The Bertz CT molecular complexity index is 421. The van der Waals surface area contributed by atoms with E-state index in [1.54, 1.807) is 0 Å². The van der Waals surface area contributed by atoms with Crippen LogP contribution in [0.3, 0.4) is 0 Å². The fourth-order valence-corrected chi connectivity index (χ4v) is 3.87.